The van der Waals surface area contributed by atoms with Gasteiger partial charge in [0.05, 0.1) is 17.9 Å². The van der Waals surface area contributed by atoms with Gasteiger partial charge in [0.2, 0.25) is 0 Å². The molecule has 1 aromatic carbocycles. The van der Waals surface area contributed by atoms with Gasteiger partial charge in [-0.2, -0.15) is 13.2 Å². The zero-order valence-corrected chi connectivity index (χ0v) is 15.2. The minimum atomic E-state index is -4.43. The van der Waals surface area contributed by atoms with Gasteiger partial charge in [-0.05, 0) is 48.6 Å². The molecule has 28 heavy (non-hydrogen) atoms. The predicted octanol–water partition coefficient (Wildman–Crippen LogP) is 3.06. The van der Waals surface area contributed by atoms with E-state index in [4.69, 9.17) is 9.84 Å². The van der Waals surface area contributed by atoms with E-state index in [1.807, 2.05) is 0 Å². The molecule has 1 fully saturated rings. The second-order valence-corrected chi connectivity index (χ2v) is 6.78. The topological polar surface area (TPSA) is 62.7 Å². The summed E-state index contributed by atoms with van der Waals surface area (Å²) in [6.45, 7) is 0.674. The van der Waals surface area contributed by atoms with Crippen LogP contribution in [-0.2, 0) is 24.0 Å². The second kappa shape index (κ2) is 8.60. The lowest BCUT2D eigenvalue weighted by Gasteiger charge is -2.18. The molecule has 0 spiro atoms. The van der Waals surface area contributed by atoms with E-state index in [0.717, 1.165) is 11.6 Å². The minimum absolute atomic E-state index is 0.0227. The van der Waals surface area contributed by atoms with Crippen LogP contribution in [0.2, 0.25) is 0 Å². The van der Waals surface area contributed by atoms with Crippen LogP contribution in [-0.4, -0.2) is 40.6 Å². The van der Waals surface area contributed by atoms with Crippen molar-refractivity contribution in [3.8, 4) is 5.75 Å². The number of nitrogens with zero attached hydrogens (tertiary/aromatic N) is 2. The Morgan fingerprint density at radius 1 is 1.25 bits per heavy atom. The Bertz CT molecular complexity index is 809. The van der Waals surface area contributed by atoms with Crippen molar-refractivity contribution in [2.24, 2.45) is 5.92 Å². The van der Waals surface area contributed by atoms with Gasteiger partial charge in [-0.1, -0.05) is 12.1 Å². The molecule has 1 aromatic heterocycles. The summed E-state index contributed by atoms with van der Waals surface area (Å²) in [5.41, 5.74) is 0.0535. The quantitative estimate of drug-likeness (QED) is 0.818. The maximum atomic E-state index is 13.1. The van der Waals surface area contributed by atoms with E-state index < -0.39 is 11.7 Å². The van der Waals surface area contributed by atoms with E-state index >= 15 is 0 Å². The number of halogens is 3. The largest absolute Gasteiger partial charge is 0.484 e. The Morgan fingerprint density at radius 3 is 2.68 bits per heavy atom. The smallest absolute Gasteiger partial charge is 0.418 e. The van der Waals surface area contributed by atoms with Gasteiger partial charge in [0.25, 0.3) is 5.91 Å². The Balaban J connectivity index is 1.53. The summed E-state index contributed by atoms with van der Waals surface area (Å²) in [4.78, 5) is 17.8. The number of aromatic nitrogens is 1. The van der Waals surface area contributed by atoms with Crippen LogP contribution >= 0.6 is 0 Å². The number of ether oxygens (including phenoxy) is 1. The molecule has 5 nitrogen and oxygen atoms in total. The maximum absolute atomic E-state index is 13.1. The third kappa shape index (κ3) is 5.01. The molecule has 3 rings (SSSR count). The number of alkyl halides is 3. The van der Waals surface area contributed by atoms with Crippen LogP contribution in [0.25, 0.3) is 0 Å². The molecule has 1 aliphatic rings. The summed E-state index contributed by atoms with van der Waals surface area (Å²) in [7, 11) is 0. The summed E-state index contributed by atoms with van der Waals surface area (Å²) in [6.07, 6.45) is -2.26. The van der Waals surface area contributed by atoms with Gasteiger partial charge in [0.15, 0.2) is 6.61 Å². The molecule has 0 unspecified atom stereocenters. The molecule has 1 aliphatic heterocycles. The molecule has 0 aliphatic carbocycles. The van der Waals surface area contributed by atoms with E-state index in [0.29, 0.717) is 25.3 Å². The number of amides is 1. The number of aliphatic hydroxyl groups excluding tert-OH is 1. The number of benzene rings is 1. The predicted molar refractivity (Wildman–Crippen MR) is 95.5 cm³/mol. The Hall–Kier alpha value is -2.61. The third-order valence-electron chi connectivity index (χ3n) is 4.78. The minimum Gasteiger partial charge on any atom is -0.484 e. The number of carbonyl (C=O) groups excluding carboxylic acids is 1. The molecule has 0 bridgehead atoms. The van der Waals surface area contributed by atoms with Crippen LogP contribution in [0.4, 0.5) is 13.2 Å². The van der Waals surface area contributed by atoms with Gasteiger partial charge in [0, 0.05) is 19.3 Å². The van der Waals surface area contributed by atoms with Gasteiger partial charge < -0.3 is 14.7 Å². The van der Waals surface area contributed by atoms with E-state index in [1.54, 1.807) is 29.2 Å². The molecule has 0 radical (unpaired) electrons. The number of rotatable bonds is 6. The average Bonchev–Trinajstić information content (AvgIpc) is 3.14. The fraction of sp³-hybridized carbons (Fsp3) is 0.400. The summed E-state index contributed by atoms with van der Waals surface area (Å²) in [5, 5.41) is 9.01. The Morgan fingerprint density at radius 2 is 2.00 bits per heavy atom. The number of hydrogen-bond donors (Lipinski definition) is 1. The van der Waals surface area contributed by atoms with Crippen molar-refractivity contribution < 1.29 is 27.8 Å². The molecule has 150 valence electrons. The van der Waals surface area contributed by atoms with E-state index in [-0.39, 0.29) is 37.2 Å². The molecular weight excluding hydrogens is 373 g/mol. The van der Waals surface area contributed by atoms with Crippen molar-refractivity contribution in [2.45, 2.75) is 25.6 Å². The monoisotopic (exact) mass is 394 g/mol. The molecule has 2 aromatic rings. The fourth-order valence-electron chi connectivity index (χ4n) is 3.29. The highest BCUT2D eigenvalue weighted by Gasteiger charge is 2.35. The highest BCUT2D eigenvalue weighted by Crippen LogP contribution is 2.33. The van der Waals surface area contributed by atoms with Crippen LogP contribution in [0, 0.1) is 5.92 Å². The van der Waals surface area contributed by atoms with Gasteiger partial charge in [0.1, 0.15) is 5.75 Å². The molecule has 8 heteroatoms. The van der Waals surface area contributed by atoms with Crippen LogP contribution in [0.1, 0.15) is 23.2 Å². The summed E-state index contributed by atoms with van der Waals surface area (Å²) in [5.74, 6) is 0.249. The maximum Gasteiger partial charge on any atom is 0.418 e. The molecule has 0 saturated carbocycles. The number of hydrogen-bond acceptors (Lipinski definition) is 4. The van der Waals surface area contributed by atoms with Gasteiger partial charge in [-0.25, -0.2) is 0 Å². The van der Waals surface area contributed by atoms with E-state index in [2.05, 4.69) is 4.98 Å². The normalized spacial score (nSPS) is 17.0. The first-order chi connectivity index (χ1) is 13.4. The molecule has 2 heterocycles. The molecule has 1 N–H and O–H groups in total. The summed E-state index contributed by atoms with van der Waals surface area (Å²) >= 11 is 0. The van der Waals surface area contributed by atoms with Crippen molar-refractivity contribution in [1.82, 2.24) is 9.88 Å². The van der Waals surface area contributed by atoms with Crippen molar-refractivity contribution in [3.05, 3.63) is 59.4 Å². The lowest BCUT2D eigenvalue weighted by atomic mass is 9.99. The summed E-state index contributed by atoms with van der Waals surface area (Å²) < 4.78 is 44.8. The van der Waals surface area contributed by atoms with Crippen LogP contribution in [0.3, 0.4) is 0 Å². The molecule has 1 saturated heterocycles. The third-order valence-corrected chi connectivity index (χ3v) is 4.78. The summed E-state index contributed by atoms with van der Waals surface area (Å²) in [6, 6.07) is 9.07. The standard InChI is InChI=1S/C20H21F3N2O3/c21-20(22,23)17-2-1-8-24-18(17)10-15-7-9-25(11-15)19(27)13-28-16-5-3-14(12-26)4-6-16/h1-6,8,15,26H,7,9-13H2/t15-/m0/s1. The average molecular weight is 394 g/mol. The SMILES string of the molecule is O=C(COc1ccc(CO)cc1)N1CC[C@@H](Cc2ncccc2C(F)(F)F)C1. The van der Waals surface area contributed by atoms with Gasteiger partial charge in [-0.15, -0.1) is 0 Å². The Kier molecular flexibility index (Phi) is 6.18. The van der Waals surface area contributed by atoms with Gasteiger partial charge >= 0.3 is 6.18 Å². The van der Waals surface area contributed by atoms with Crippen LogP contribution in [0.15, 0.2) is 42.6 Å². The number of carbonyl (C=O) groups is 1. The highest BCUT2D eigenvalue weighted by molar-refractivity contribution is 5.78. The lowest BCUT2D eigenvalue weighted by molar-refractivity contribution is -0.138. The van der Waals surface area contributed by atoms with E-state index in [1.165, 1.54) is 12.3 Å². The van der Waals surface area contributed by atoms with Crippen LogP contribution < -0.4 is 4.74 Å². The van der Waals surface area contributed by atoms with Crippen molar-refractivity contribution in [1.29, 1.82) is 0 Å². The zero-order chi connectivity index (χ0) is 20.1. The fourth-order valence-corrected chi connectivity index (χ4v) is 3.29. The van der Waals surface area contributed by atoms with Crippen LogP contribution in [0.5, 0.6) is 5.75 Å². The lowest BCUT2D eigenvalue weighted by Crippen LogP contribution is -2.33. The Labute approximate surface area is 160 Å². The number of likely N-dealkylation sites (tertiary alicyclic amines) is 1. The van der Waals surface area contributed by atoms with Crippen molar-refractivity contribution >= 4 is 5.91 Å². The van der Waals surface area contributed by atoms with Gasteiger partial charge in [-0.3, -0.25) is 9.78 Å². The van der Waals surface area contributed by atoms with Crippen molar-refractivity contribution in [2.75, 3.05) is 19.7 Å². The van der Waals surface area contributed by atoms with E-state index in [9.17, 15) is 18.0 Å². The first kappa shape index (κ1) is 20.1. The number of aliphatic hydroxyl groups is 1. The highest BCUT2D eigenvalue weighted by atomic mass is 19.4. The second-order valence-electron chi connectivity index (χ2n) is 6.78. The first-order valence-corrected chi connectivity index (χ1v) is 8.98. The van der Waals surface area contributed by atoms with Crippen molar-refractivity contribution in [3.63, 3.8) is 0 Å². The first-order valence-electron chi connectivity index (χ1n) is 8.98. The zero-order valence-electron chi connectivity index (χ0n) is 15.2. The molecular formula is C20H21F3N2O3. The number of pyridine rings is 1. The molecule has 1 amide bonds. The molecule has 1 atom stereocenters.